The van der Waals surface area contributed by atoms with Crippen LogP contribution in [0.5, 0.6) is 0 Å². The van der Waals surface area contributed by atoms with Crippen LogP contribution in [0.1, 0.15) is 25.5 Å². The summed E-state index contributed by atoms with van der Waals surface area (Å²) in [5.41, 5.74) is 2.96. The monoisotopic (exact) mass is 341 g/mol. The molecule has 0 aliphatic heterocycles. The fourth-order valence-corrected chi connectivity index (χ4v) is 3.06. The predicted molar refractivity (Wildman–Crippen MR) is 97.2 cm³/mol. The molecule has 0 spiro atoms. The van der Waals surface area contributed by atoms with E-state index < -0.39 is 0 Å². The van der Waals surface area contributed by atoms with Crippen LogP contribution in [-0.2, 0) is 11.2 Å². The normalized spacial score (nSPS) is 13.6. The molecule has 0 saturated heterocycles. The second-order valence-corrected chi connectivity index (χ2v) is 6.50. The number of hydrogen-bond acceptors (Lipinski definition) is 2. The van der Waals surface area contributed by atoms with E-state index in [0.717, 1.165) is 23.0 Å². The van der Waals surface area contributed by atoms with Gasteiger partial charge in [-0.3, -0.25) is 4.79 Å². The summed E-state index contributed by atoms with van der Waals surface area (Å²) in [6.07, 6.45) is 2.46. The summed E-state index contributed by atoms with van der Waals surface area (Å²) < 4.78 is 1.90. The van der Waals surface area contributed by atoms with Crippen LogP contribution in [0, 0.1) is 0 Å². The number of carbonyl (C=O) groups excluding carboxylic acids is 1. The smallest absolute Gasteiger partial charge is 0.243 e. The maximum Gasteiger partial charge on any atom is 0.243 e. The molecule has 2 atom stereocenters. The molecule has 3 aromatic rings. The lowest BCUT2D eigenvalue weighted by Gasteiger charge is -2.19. The molecular weight excluding hydrogens is 322 g/mol. The molecule has 0 saturated carbocycles. The average Bonchev–Trinajstić information content (AvgIpc) is 2.98. The largest absolute Gasteiger partial charge is 0.352 e. The topological polar surface area (TPSA) is 46.9 Å². The molecule has 0 aliphatic carbocycles. The van der Waals surface area contributed by atoms with Gasteiger partial charge in [-0.25, -0.2) is 4.98 Å². The Labute approximate surface area is 146 Å². The van der Waals surface area contributed by atoms with Crippen molar-refractivity contribution >= 4 is 28.5 Å². The third-order valence-electron chi connectivity index (χ3n) is 4.10. The lowest BCUT2D eigenvalue weighted by atomic mass is 10.1. The van der Waals surface area contributed by atoms with E-state index in [0.29, 0.717) is 5.02 Å². The molecule has 1 heterocycles. The highest BCUT2D eigenvalue weighted by Crippen LogP contribution is 2.18. The van der Waals surface area contributed by atoms with Crippen LogP contribution in [-0.4, -0.2) is 21.5 Å². The summed E-state index contributed by atoms with van der Waals surface area (Å²) in [5, 5.41) is 3.78. The number of benzene rings is 2. The van der Waals surface area contributed by atoms with Gasteiger partial charge in [0.15, 0.2) is 0 Å². The number of fused-ring (bicyclic) bond motifs is 1. The van der Waals surface area contributed by atoms with Crippen LogP contribution in [0.3, 0.4) is 0 Å². The third kappa shape index (κ3) is 3.60. The number of para-hydroxylation sites is 2. The van der Waals surface area contributed by atoms with Gasteiger partial charge in [0.05, 0.1) is 17.4 Å². The Kier molecular flexibility index (Phi) is 4.86. The van der Waals surface area contributed by atoms with E-state index in [1.165, 1.54) is 0 Å². The lowest BCUT2D eigenvalue weighted by Crippen LogP contribution is -2.38. The first-order chi connectivity index (χ1) is 11.5. The standard InChI is InChI=1S/C19H20ClN3O/c1-13(10-15-6-5-7-16(20)11-15)22-19(24)14(2)23-12-21-17-8-3-4-9-18(17)23/h3-9,11-14H,10H2,1-2H3,(H,22,24)/t13-,14-/m0/s1. The molecule has 0 unspecified atom stereocenters. The molecule has 4 nitrogen and oxygen atoms in total. The van der Waals surface area contributed by atoms with Crippen molar-refractivity contribution in [2.75, 3.05) is 0 Å². The first-order valence-electron chi connectivity index (χ1n) is 8.01. The third-order valence-corrected chi connectivity index (χ3v) is 4.33. The molecule has 0 aliphatic rings. The van der Waals surface area contributed by atoms with Crippen LogP contribution < -0.4 is 5.32 Å². The zero-order valence-corrected chi connectivity index (χ0v) is 14.5. The summed E-state index contributed by atoms with van der Waals surface area (Å²) in [4.78, 5) is 16.9. The number of nitrogens with one attached hydrogen (secondary N) is 1. The van der Waals surface area contributed by atoms with Crippen molar-refractivity contribution < 1.29 is 4.79 Å². The van der Waals surface area contributed by atoms with Gasteiger partial charge in [-0.2, -0.15) is 0 Å². The number of hydrogen-bond donors (Lipinski definition) is 1. The van der Waals surface area contributed by atoms with Crippen LogP contribution in [0.25, 0.3) is 11.0 Å². The molecule has 0 radical (unpaired) electrons. The van der Waals surface area contributed by atoms with Crippen molar-refractivity contribution in [2.24, 2.45) is 0 Å². The SMILES string of the molecule is C[C@@H](Cc1cccc(Cl)c1)NC(=O)[C@H](C)n1cnc2ccccc21. The van der Waals surface area contributed by atoms with Crippen LogP contribution in [0.4, 0.5) is 0 Å². The van der Waals surface area contributed by atoms with Gasteiger partial charge in [0.1, 0.15) is 6.04 Å². The molecule has 1 aromatic heterocycles. The first-order valence-corrected chi connectivity index (χ1v) is 8.39. The van der Waals surface area contributed by atoms with Gasteiger partial charge < -0.3 is 9.88 Å². The van der Waals surface area contributed by atoms with Crippen molar-refractivity contribution in [3.8, 4) is 0 Å². The number of halogens is 1. The number of rotatable bonds is 5. The van der Waals surface area contributed by atoms with E-state index in [9.17, 15) is 4.79 Å². The molecule has 1 amide bonds. The van der Waals surface area contributed by atoms with E-state index >= 15 is 0 Å². The molecule has 2 aromatic carbocycles. The van der Waals surface area contributed by atoms with Crippen molar-refractivity contribution in [3.05, 3.63) is 65.4 Å². The Bertz CT molecular complexity index is 858. The van der Waals surface area contributed by atoms with Gasteiger partial charge >= 0.3 is 0 Å². The van der Waals surface area contributed by atoms with Crippen LogP contribution in [0.15, 0.2) is 54.9 Å². The highest BCUT2D eigenvalue weighted by Gasteiger charge is 2.18. The van der Waals surface area contributed by atoms with Gasteiger partial charge in [-0.05, 0) is 50.1 Å². The summed E-state index contributed by atoms with van der Waals surface area (Å²) in [6, 6.07) is 15.2. The second kappa shape index (κ2) is 7.05. The number of nitrogens with zero attached hydrogens (tertiary/aromatic N) is 2. The van der Waals surface area contributed by atoms with Crippen LogP contribution >= 0.6 is 11.6 Å². The van der Waals surface area contributed by atoms with Crippen molar-refractivity contribution in [3.63, 3.8) is 0 Å². The summed E-state index contributed by atoms with van der Waals surface area (Å²) in [7, 11) is 0. The van der Waals surface area contributed by atoms with Crippen molar-refractivity contribution in [1.82, 2.24) is 14.9 Å². The highest BCUT2D eigenvalue weighted by molar-refractivity contribution is 6.30. The van der Waals surface area contributed by atoms with Gasteiger partial charge in [0.25, 0.3) is 0 Å². The maximum absolute atomic E-state index is 12.6. The Morgan fingerprint density at radius 3 is 2.79 bits per heavy atom. The minimum Gasteiger partial charge on any atom is -0.352 e. The highest BCUT2D eigenvalue weighted by atomic mass is 35.5. The van der Waals surface area contributed by atoms with Gasteiger partial charge in [-0.15, -0.1) is 0 Å². The molecule has 124 valence electrons. The van der Waals surface area contributed by atoms with Gasteiger partial charge in [-0.1, -0.05) is 35.9 Å². The van der Waals surface area contributed by atoms with E-state index in [4.69, 9.17) is 11.6 Å². The Hall–Kier alpha value is -2.33. The fraction of sp³-hybridized carbons (Fsp3) is 0.263. The average molecular weight is 342 g/mol. The molecule has 0 bridgehead atoms. The molecule has 0 fully saturated rings. The van der Waals surface area contributed by atoms with E-state index in [1.54, 1.807) is 6.33 Å². The first kappa shape index (κ1) is 16.5. The molecule has 24 heavy (non-hydrogen) atoms. The number of imidazole rings is 1. The Morgan fingerprint density at radius 1 is 1.21 bits per heavy atom. The quantitative estimate of drug-likeness (QED) is 0.762. The van der Waals surface area contributed by atoms with Crippen molar-refractivity contribution in [2.45, 2.75) is 32.4 Å². The minimum atomic E-state index is -0.320. The minimum absolute atomic E-state index is 0.0207. The fourth-order valence-electron chi connectivity index (χ4n) is 2.85. The van der Waals surface area contributed by atoms with Gasteiger partial charge in [0, 0.05) is 11.1 Å². The molecule has 3 rings (SSSR count). The maximum atomic E-state index is 12.6. The lowest BCUT2D eigenvalue weighted by molar-refractivity contribution is -0.124. The van der Waals surface area contributed by atoms with Gasteiger partial charge in [0.2, 0.25) is 5.91 Å². The van der Waals surface area contributed by atoms with Crippen LogP contribution in [0.2, 0.25) is 5.02 Å². The number of carbonyl (C=O) groups is 1. The number of amides is 1. The molecule has 1 N–H and O–H groups in total. The van der Waals surface area contributed by atoms with E-state index in [1.807, 2.05) is 66.9 Å². The Balaban J connectivity index is 1.67. The number of aromatic nitrogens is 2. The molecule has 5 heteroatoms. The predicted octanol–water partition coefficient (Wildman–Crippen LogP) is 4.00. The summed E-state index contributed by atoms with van der Waals surface area (Å²) in [5.74, 6) is -0.0207. The Morgan fingerprint density at radius 2 is 2.00 bits per heavy atom. The summed E-state index contributed by atoms with van der Waals surface area (Å²) >= 11 is 6.01. The second-order valence-electron chi connectivity index (χ2n) is 6.06. The zero-order chi connectivity index (χ0) is 17.1. The zero-order valence-electron chi connectivity index (χ0n) is 13.7. The van der Waals surface area contributed by atoms with Crippen molar-refractivity contribution in [1.29, 1.82) is 0 Å². The summed E-state index contributed by atoms with van der Waals surface area (Å²) in [6.45, 7) is 3.88. The van der Waals surface area contributed by atoms with E-state index in [2.05, 4.69) is 10.3 Å². The van der Waals surface area contributed by atoms with E-state index in [-0.39, 0.29) is 18.0 Å². The molecular formula is C19H20ClN3O.